The summed E-state index contributed by atoms with van der Waals surface area (Å²) >= 11 is 5.15. The molecule has 4 atom stereocenters. The van der Waals surface area contributed by atoms with Gasteiger partial charge >= 0.3 is 0 Å². The van der Waals surface area contributed by atoms with Crippen LogP contribution in [0.4, 0.5) is 0 Å². The van der Waals surface area contributed by atoms with Gasteiger partial charge in [0, 0.05) is 17.1 Å². The summed E-state index contributed by atoms with van der Waals surface area (Å²) in [6.45, 7) is 1.24. The second kappa shape index (κ2) is 5.52. The van der Waals surface area contributed by atoms with E-state index in [1.54, 1.807) is 19.2 Å². The average Bonchev–Trinajstić information content (AvgIpc) is 2.76. The third-order valence-corrected chi connectivity index (χ3v) is 4.04. The highest BCUT2D eigenvalue weighted by Gasteiger charge is 2.43. The van der Waals surface area contributed by atoms with Crippen molar-refractivity contribution in [2.45, 2.75) is 31.5 Å². The lowest BCUT2D eigenvalue weighted by Gasteiger charge is -2.18. The van der Waals surface area contributed by atoms with Crippen molar-refractivity contribution in [3.8, 4) is 0 Å². The minimum absolute atomic E-state index is 0.0850. The minimum Gasteiger partial charge on any atom is -0.394 e. The SMILES string of the molecule is Cc1cc2cn([C@@H]3O[C@H](CO)C(O)C3O)c(=S)nc2[nH]c1=O. The molecule has 0 bridgehead atoms. The summed E-state index contributed by atoms with van der Waals surface area (Å²) < 4.78 is 6.93. The van der Waals surface area contributed by atoms with Crippen LogP contribution in [0.3, 0.4) is 0 Å². The number of aliphatic hydroxyl groups is 3. The van der Waals surface area contributed by atoms with Crippen LogP contribution in [-0.4, -0.2) is 54.8 Å². The van der Waals surface area contributed by atoms with E-state index in [1.165, 1.54) is 4.57 Å². The zero-order valence-electron chi connectivity index (χ0n) is 11.6. The Hall–Kier alpha value is -1.65. The van der Waals surface area contributed by atoms with E-state index in [4.69, 9.17) is 22.1 Å². The molecular weight excluding hydrogens is 310 g/mol. The number of hydrogen-bond donors (Lipinski definition) is 4. The summed E-state index contributed by atoms with van der Waals surface area (Å²) in [6.07, 6.45) is -2.72. The molecule has 8 nitrogen and oxygen atoms in total. The molecular formula is C13H15N3O5S. The van der Waals surface area contributed by atoms with Gasteiger partial charge in [-0.15, -0.1) is 0 Å². The van der Waals surface area contributed by atoms with E-state index in [0.717, 1.165) is 0 Å². The monoisotopic (exact) mass is 325 g/mol. The number of aliphatic hydroxyl groups excluding tert-OH is 3. The van der Waals surface area contributed by atoms with Crippen LogP contribution in [0.2, 0.25) is 0 Å². The minimum atomic E-state index is -1.24. The van der Waals surface area contributed by atoms with Gasteiger partial charge in [0.1, 0.15) is 24.0 Å². The molecule has 9 heteroatoms. The number of aromatic nitrogens is 3. The molecule has 0 aromatic carbocycles. The van der Waals surface area contributed by atoms with Gasteiger partial charge in [-0.05, 0) is 25.2 Å². The molecule has 0 spiro atoms. The molecule has 3 heterocycles. The first-order valence-electron chi connectivity index (χ1n) is 6.67. The first-order chi connectivity index (χ1) is 10.4. The predicted molar refractivity (Wildman–Crippen MR) is 78.9 cm³/mol. The van der Waals surface area contributed by atoms with E-state index >= 15 is 0 Å². The van der Waals surface area contributed by atoms with E-state index in [2.05, 4.69) is 9.97 Å². The van der Waals surface area contributed by atoms with Crippen molar-refractivity contribution in [2.75, 3.05) is 6.61 Å². The van der Waals surface area contributed by atoms with Crippen LogP contribution in [0.5, 0.6) is 0 Å². The Morgan fingerprint density at radius 3 is 2.82 bits per heavy atom. The first kappa shape index (κ1) is 15.3. The van der Waals surface area contributed by atoms with Crippen molar-refractivity contribution in [1.82, 2.24) is 14.5 Å². The third kappa shape index (κ3) is 2.36. The standard InChI is InChI=1S/C13H15N3O5S/c1-5-2-6-3-16(13(22)15-10(6)14-11(5)20)12-9(19)8(18)7(4-17)21-12/h2-3,7-9,12,17-19H,4H2,1H3,(H,14,15,20,22)/t7-,8?,9?,12-/m1/s1. The van der Waals surface area contributed by atoms with Crippen molar-refractivity contribution in [3.05, 3.63) is 33.0 Å². The normalized spacial score (nSPS) is 28.4. The second-order valence-electron chi connectivity index (χ2n) is 5.25. The van der Waals surface area contributed by atoms with E-state index in [-0.39, 0.29) is 10.3 Å². The molecule has 2 aromatic heterocycles. The van der Waals surface area contributed by atoms with Crippen molar-refractivity contribution in [2.24, 2.45) is 0 Å². The van der Waals surface area contributed by atoms with E-state index in [9.17, 15) is 15.0 Å². The van der Waals surface area contributed by atoms with Crippen LogP contribution < -0.4 is 5.56 Å². The Balaban J connectivity index is 2.12. The molecule has 0 saturated carbocycles. The number of hydrogen-bond acceptors (Lipinski definition) is 7. The van der Waals surface area contributed by atoms with Crippen molar-refractivity contribution < 1.29 is 20.1 Å². The number of aryl methyl sites for hydroxylation is 1. The number of rotatable bonds is 2. The van der Waals surface area contributed by atoms with Gasteiger partial charge in [-0.25, -0.2) is 4.98 Å². The highest BCUT2D eigenvalue weighted by Crippen LogP contribution is 2.29. The fourth-order valence-corrected chi connectivity index (χ4v) is 2.73. The van der Waals surface area contributed by atoms with Gasteiger partial charge in [-0.2, -0.15) is 0 Å². The lowest BCUT2D eigenvalue weighted by Crippen LogP contribution is -2.33. The zero-order valence-corrected chi connectivity index (χ0v) is 12.4. The number of fused-ring (bicyclic) bond motifs is 1. The van der Waals surface area contributed by atoms with E-state index in [1.807, 2.05) is 0 Å². The smallest absolute Gasteiger partial charge is 0.252 e. The number of aromatic amines is 1. The van der Waals surface area contributed by atoms with Crippen LogP contribution in [0.1, 0.15) is 11.8 Å². The Kier molecular flexibility index (Phi) is 3.83. The number of ether oxygens (including phenoxy) is 1. The molecule has 2 aromatic rings. The van der Waals surface area contributed by atoms with E-state index < -0.39 is 31.1 Å². The molecule has 4 N–H and O–H groups in total. The van der Waals surface area contributed by atoms with Gasteiger partial charge in [0.15, 0.2) is 6.23 Å². The molecule has 118 valence electrons. The summed E-state index contributed by atoms with van der Waals surface area (Å²) in [5.41, 5.74) is 0.600. The van der Waals surface area contributed by atoms with Crippen molar-refractivity contribution >= 4 is 23.3 Å². The molecule has 2 unspecified atom stereocenters. The summed E-state index contributed by atoms with van der Waals surface area (Å²) in [4.78, 5) is 18.3. The molecule has 1 aliphatic heterocycles. The maximum Gasteiger partial charge on any atom is 0.252 e. The van der Waals surface area contributed by atoms with Crippen LogP contribution in [-0.2, 0) is 4.74 Å². The van der Waals surface area contributed by atoms with Crippen LogP contribution >= 0.6 is 12.2 Å². The van der Waals surface area contributed by atoms with Crippen molar-refractivity contribution in [3.63, 3.8) is 0 Å². The summed E-state index contributed by atoms with van der Waals surface area (Å²) in [5.74, 6) is 0. The van der Waals surface area contributed by atoms with Gasteiger partial charge in [-0.3, -0.25) is 9.36 Å². The predicted octanol–water partition coefficient (Wildman–Crippen LogP) is -0.626. The Bertz CT molecular complexity index is 833. The molecule has 0 amide bonds. The molecule has 0 aliphatic carbocycles. The molecule has 1 saturated heterocycles. The first-order valence-corrected chi connectivity index (χ1v) is 7.08. The third-order valence-electron chi connectivity index (χ3n) is 3.73. The molecule has 3 rings (SSSR count). The fraction of sp³-hybridized carbons (Fsp3) is 0.462. The highest BCUT2D eigenvalue weighted by molar-refractivity contribution is 7.71. The highest BCUT2D eigenvalue weighted by atomic mass is 32.1. The Morgan fingerprint density at radius 2 is 2.18 bits per heavy atom. The van der Waals surface area contributed by atoms with Crippen molar-refractivity contribution in [1.29, 1.82) is 0 Å². The molecule has 1 fully saturated rings. The van der Waals surface area contributed by atoms with E-state index in [0.29, 0.717) is 16.6 Å². The van der Waals surface area contributed by atoms with Gasteiger partial charge in [0.2, 0.25) is 4.77 Å². The molecule has 0 radical (unpaired) electrons. The molecule has 1 aliphatic rings. The number of nitrogens with zero attached hydrogens (tertiary/aromatic N) is 2. The molecule has 22 heavy (non-hydrogen) atoms. The largest absolute Gasteiger partial charge is 0.394 e. The van der Waals surface area contributed by atoms with Gasteiger partial charge in [0.05, 0.1) is 6.61 Å². The summed E-state index contributed by atoms with van der Waals surface area (Å²) in [5, 5.41) is 29.6. The van der Waals surface area contributed by atoms with Crippen LogP contribution in [0, 0.1) is 11.7 Å². The second-order valence-corrected chi connectivity index (χ2v) is 5.61. The number of pyridine rings is 1. The van der Waals surface area contributed by atoms with Gasteiger partial charge in [-0.1, -0.05) is 0 Å². The lowest BCUT2D eigenvalue weighted by atomic mass is 10.1. The maximum atomic E-state index is 11.6. The number of nitrogens with one attached hydrogen (secondary N) is 1. The summed E-state index contributed by atoms with van der Waals surface area (Å²) in [6, 6.07) is 1.65. The average molecular weight is 325 g/mol. The topological polar surface area (TPSA) is 121 Å². The van der Waals surface area contributed by atoms with Gasteiger partial charge < -0.3 is 25.0 Å². The number of H-pyrrole nitrogens is 1. The zero-order chi connectivity index (χ0) is 16.0. The maximum absolute atomic E-state index is 11.6. The summed E-state index contributed by atoms with van der Waals surface area (Å²) in [7, 11) is 0. The quantitative estimate of drug-likeness (QED) is 0.543. The Labute approximate surface area is 129 Å². The fourth-order valence-electron chi connectivity index (χ4n) is 2.49. The van der Waals surface area contributed by atoms with Gasteiger partial charge in [0.25, 0.3) is 5.56 Å². The van der Waals surface area contributed by atoms with Crippen LogP contribution in [0.25, 0.3) is 11.0 Å². The Morgan fingerprint density at radius 1 is 1.45 bits per heavy atom. The lowest BCUT2D eigenvalue weighted by molar-refractivity contribution is -0.0538. The van der Waals surface area contributed by atoms with Crippen LogP contribution in [0.15, 0.2) is 17.1 Å².